The van der Waals surface area contributed by atoms with Crippen LogP contribution in [0.2, 0.25) is 0 Å². The van der Waals surface area contributed by atoms with Gasteiger partial charge < -0.3 is 14.6 Å². The third kappa shape index (κ3) is 3.92. The summed E-state index contributed by atoms with van der Waals surface area (Å²) in [7, 11) is 3.03. The van der Waals surface area contributed by atoms with Crippen LogP contribution in [0.3, 0.4) is 0 Å². The summed E-state index contributed by atoms with van der Waals surface area (Å²) in [6.07, 6.45) is 2.46. The second-order valence-electron chi connectivity index (χ2n) is 5.52. The van der Waals surface area contributed by atoms with E-state index in [4.69, 9.17) is 0 Å². The number of methoxy groups -OCH3 is 1. The van der Waals surface area contributed by atoms with Crippen molar-refractivity contribution in [2.45, 2.75) is 19.8 Å². The standard InChI is InChI=1S/C17H21N3O4/c1-12-11-18-17(23)20(12)14-8-6-13(7-9-14)16(22)19(2)10-4-5-15(21)24-3/h6-9,11H,4-5,10H2,1-3H3,(H,18,23). The lowest BCUT2D eigenvalue weighted by molar-refractivity contribution is -0.140. The van der Waals surface area contributed by atoms with Crippen molar-refractivity contribution in [1.82, 2.24) is 14.5 Å². The topological polar surface area (TPSA) is 84.4 Å². The van der Waals surface area contributed by atoms with Gasteiger partial charge in [-0.3, -0.25) is 14.2 Å². The summed E-state index contributed by atoms with van der Waals surface area (Å²) < 4.78 is 6.11. The van der Waals surface area contributed by atoms with Crippen LogP contribution in [0, 0.1) is 6.92 Å². The van der Waals surface area contributed by atoms with Crippen LogP contribution in [0.15, 0.2) is 35.3 Å². The first kappa shape index (κ1) is 17.5. The number of nitrogens with zero attached hydrogens (tertiary/aromatic N) is 2. The number of hydrogen-bond donors (Lipinski definition) is 1. The van der Waals surface area contributed by atoms with Gasteiger partial charge in [0.05, 0.1) is 12.8 Å². The van der Waals surface area contributed by atoms with Crippen molar-refractivity contribution in [1.29, 1.82) is 0 Å². The highest BCUT2D eigenvalue weighted by molar-refractivity contribution is 5.94. The Kier molecular flexibility index (Phi) is 5.57. The number of nitrogens with one attached hydrogen (secondary N) is 1. The molecule has 0 spiro atoms. The minimum absolute atomic E-state index is 0.135. The number of amides is 1. The first-order chi connectivity index (χ1) is 11.4. The number of rotatable bonds is 6. The Morgan fingerprint density at radius 1 is 1.25 bits per heavy atom. The quantitative estimate of drug-likeness (QED) is 0.813. The number of aromatic nitrogens is 2. The molecule has 0 bridgehead atoms. The van der Waals surface area contributed by atoms with E-state index in [1.165, 1.54) is 11.7 Å². The smallest absolute Gasteiger partial charge is 0.330 e. The summed E-state index contributed by atoms with van der Waals surface area (Å²) in [5.74, 6) is -0.419. The monoisotopic (exact) mass is 331 g/mol. The first-order valence-electron chi connectivity index (χ1n) is 7.63. The van der Waals surface area contributed by atoms with Gasteiger partial charge in [-0.2, -0.15) is 0 Å². The van der Waals surface area contributed by atoms with E-state index in [-0.39, 0.29) is 24.0 Å². The van der Waals surface area contributed by atoms with E-state index in [0.29, 0.717) is 24.2 Å². The van der Waals surface area contributed by atoms with Crippen LogP contribution in [0.1, 0.15) is 28.9 Å². The third-order valence-electron chi connectivity index (χ3n) is 3.78. The minimum atomic E-state index is -0.285. The van der Waals surface area contributed by atoms with Crippen molar-refractivity contribution in [2.75, 3.05) is 20.7 Å². The predicted molar refractivity (Wildman–Crippen MR) is 89.3 cm³/mol. The van der Waals surface area contributed by atoms with Crippen LogP contribution < -0.4 is 5.69 Å². The highest BCUT2D eigenvalue weighted by Gasteiger charge is 2.13. The molecule has 0 saturated carbocycles. The molecule has 0 unspecified atom stereocenters. The van der Waals surface area contributed by atoms with E-state index in [0.717, 1.165) is 5.69 Å². The van der Waals surface area contributed by atoms with Gasteiger partial charge >= 0.3 is 11.7 Å². The molecule has 24 heavy (non-hydrogen) atoms. The first-order valence-corrected chi connectivity index (χ1v) is 7.63. The average molecular weight is 331 g/mol. The Bertz CT molecular complexity index is 774. The molecule has 0 fully saturated rings. The fourth-order valence-electron chi connectivity index (χ4n) is 2.41. The molecule has 1 aromatic carbocycles. The minimum Gasteiger partial charge on any atom is -0.469 e. The number of imidazole rings is 1. The van der Waals surface area contributed by atoms with Gasteiger partial charge in [0.2, 0.25) is 0 Å². The second-order valence-corrected chi connectivity index (χ2v) is 5.52. The molecule has 1 amide bonds. The molecule has 1 aromatic heterocycles. The summed E-state index contributed by atoms with van der Waals surface area (Å²) >= 11 is 0. The summed E-state index contributed by atoms with van der Waals surface area (Å²) in [6.45, 7) is 2.29. The van der Waals surface area contributed by atoms with Crippen LogP contribution in [-0.2, 0) is 9.53 Å². The van der Waals surface area contributed by atoms with Crippen molar-refractivity contribution in [3.8, 4) is 5.69 Å². The third-order valence-corrected chi connectivity index (χ3v) is 3.78. The molecule has 0 aliphatic carbocycles. The maximum atomic E-state index is 12.4. The number of ether oxygens (including phenoxy) is 1. The Balaban J connectivity index is 2.03. The fourth-order valence-corrected chi connectivity index (χ4v) is 2.41. The molecule has 0 aliphatic heterocycles. The normalized spacial score (nSPS) is 10.5. The maximum absolute atomic E-state index is 12.4. The van der Waals surface area contributed by atoms with Gasteiger partial charge in [0, 0.05) is 37.5 Å². The van der Waals surface area contributed by atoms with Crippen LogP contribution in [0.5, 0.6) is 0 Å². The number of hydrogen-bond acceptors (Lipinski definition) is 4. The molecule has 0 saturated heterocycles. The van der Waals surface area contributed by atoms with Gasteiger partial charge in [0.1, 0.15) is 0 Å². The van der Waals surface area contributed by atoms with Gasteiger partial charge in [-0.25, -0.2) is 4.79 Å². The summed E-state index contributed by atoms with van der Waals surface area (Å²) in [6, 6.07) is 6.84. The SMILES string of the molecule is COC(=O)CCCN(C)C(=O)c1ccc(-n2c(C)c[nH]c2=O)cc1. The van der Waals surface area contributed by atoms with Crippen molar-refractivity contribution in [3.63, 3.8) is 0 Å². The molecular formula is C17H21N3O4. The molecule has 7 nitrogen and oxygen atoms in total. The van der Waals surface area contributed by atoms with Gasteiger partial charge in [-0.1, -0.05) is 0 Å². The molecule has 128 valence electrons. The number of aromatic amines is 1. The van der Waals surface area contributed by atoms with E-state index in [1.807, 2.05) is 6.92 Å². The number of carbonyl (C=O) groups is 2. The van der Waals surface area contributed by atoms with Crippen LogP contribution in [0.4, 0.5) is 0 Å². The zero-order valence-electron chi connectivity index (χ0n) is 14.0. The lowest BCUT2D eigenvalue weighted by Crippen LogP contribution is -2.28. The second kappa shape index (κ2) is 7.63. The van der Waals surface area contributed by atoms with Crippen molar-refractivity contribution in [3.05, 3.63) is 52.2 Å². The fraction of sp³-hybridized carbons (Fsp3) is 0.353. The molecule has 0 radical (unpaired) electrons. The molecule has 7 heteroatoms. The van der Waals surface area contributed by atoms with Crippen molar-refractivity contribution >= 4 is 11.9 Å². The highest BCUT2D eigenvalue weighted by atomic mass is 16.5. The Morgan fingerprint density at radius 3 is 2.46 bits per heavy atom. The molecular weight excluding hydrogens is 310 g/mol. The van der Waals surface area contributed by atoms with Crippen LogP contribution in [-0.4, -0.2) is 47.0 Å². The lowest BCUT2D eigenvalue weighted by atomic mass is 10.1. The van der Waals surface area contributed by atoms with E-state index < -0.39 is 0 Å². The summed E-state index contributed by atoms with van der Waals surface area (Å²) in [5, 5.41) is 0. The number of H-pyrrole nitrogens is 1. The predicted octanol–water partition coefficient (Wildman–Crippen LogP) is 1.50. The maximum Gasteiger partial charge on any atom is 0.330 e. The van der Waals surface area contributed by atoms with Gasteiger partial charge in [-0.05, 0) is 37.6 Å². The van der Waals surface area contributed by atoms with Crippen molar-refractivity contribution < 1.29 is 14.3 Å². The Hall–Kier alpha value is -2.83. The average Bonchev–Trinajstić information content (AvgIpc) is 2.92. The molecule has 0 aliphatic rings. The number of esters is 1. The van der Waals surface area contributed by atoms with E-state index in [1.54, 1.807) is 42.4 Å². The number of carbonyl (C=O) groups excluding carboxylic acids is 2. The Labute approximate surface area is 139 Å². The van der Waals surface area contributed by atoms with Gasteiger partial charge in [-0.15, -0.1) is 0 Å². The van der Waals surface area contributed by atoms with E-state index >= 15 is 0 Å². The lowest BCUT2D eigenvalue weighted by Gasteiger charge is -2.17. The largest absolute Gasteiger partial charge is 0.469 e. The van der Waals surface area contributed by atoms with Gasteiger partial charge in [0.15, 0.2) is 0 Å². The van der Waals surface area contributed by atoms with Crippen LogP contribution in [0.25, 0.3) is 5.69 Å². The zero-order valence-corrected chi connectivity index (χ0v) is 14.0. The van der Waals surface area contributed by atoms with E-state index in [9.17, 15) is 14.4 Å². The van der Waals surface area contributed by atoms with E-state index in [2.05, 4.69) is 9.72 Å². The van der Waals surface area contributed by atoms with Crippen LogP contribution >= 0.6 is 0 Å². The molecule has 1 N–H and O–H groups in total. The molecule has 1 heterocycles. The summed E-state index contributed by atoms with van der Waals surface area (Å²) in [5.41, 5.74) is 1.80. The molecule has 0 atom stereocenters. The van der Waals surface area contributed by atoms with Gasteiger partial charge in [0.25, 0.3) is 5.91 Å². The highest BCUT2D eigenvalue weighted by Crippen LogP contribution is 2.12. The number of aryl methyl sites for hydroxylation is 1. The number of benzene rings is 1. The zero-order chi connectivity index (χ0) is 17.7. The summed E-state index contributed by atoms with van der Waals surface area (Å²) in [4.78, 5) is 39.4. The van der Waals surface area contributed by atoms with Crippen molar-refractivity contribution in [2.24, 2.45) is 0 Å². The molecule has 2 rings (SSSR count). The molecule has 2 aromatic rings. The Morgan fingerprint density at radius 2 is 1.92 bits per heavy atom.